The molecule has 13 atom stereocenters. The summed E-state index contributed by atoms with van der Waals surface area (Å²) in [6, 6.07) is 0.245. The Kier molecular flexibility index (Phi) is 2.55. The summed E-state index contributed by atoms with van der Waals surface area (Å²) in [5, 5.41) is 35.1. The maximum absolute atomic E-state index is 12.2. The third kappa shape index (κ3) is 1.26. The summed E-state index contributed by atoms with van der Waals surface area (Å²) in [6.07, 6.45) is 1.27. The molecule has 6 nitrogen and oxygen atoms in total. The number of fused-ring (bicyclic) bond motifs is 1. The van der Waals surface area contributed by atoms with E-state index in [0.29, 0.717) is 24.8 Å². The van der Waals surface area contributed by atoms with Gasteiger partial charge in [0.15, 0.2) is 0 Å². The largest absolute Gasteiger partial charge is 0.463 e. The lowest BCUT2D eigenvalue weighted by Crippen LogP contribution is -2.76. The van der Waals surface area contributed by atoms with Crippen molar-refractivity contribution < 1.29 is 24.9 Å². The fraction of sp³-hybridized carbons (Fsp3) is 0.864. The van der Waals surface area contributed by atoms with E-state index in [4.69, 9.17) is 4.74 Å². The normalized spacial score (nSPS) is 69.3. The van der Waals surface area contributed by atoms with Crippen molar-refractivity contribution in [1.29, 1.82) is 0 Å². The molecule has 3 N–H and O–H groups in total. The molecule has 9 fully saturated rings. The molecule has 152 valence electrons. The van der Waals surface area contributed by atoms with Crippen LogP contribution in [-0.2, 0) is 9.53 Å². The van der Waals surface area contributed by atoms with Crippen molar-refractivity contribution >= 4 is 5.97 Å². The molecule has 0 radical (unpaired) electrons. The fourth-order valence-electron chi connectivity index (χ4n) is 11.0. The highest BCUT2D eigenvalue weighted by molar-refractivity contribution is 5.66. The van der Waals surface area contributed by atoms with Crippen molar-refractivity contribution in [3.05, 3.63) is 12.2 Å². The lowest BCUT2D eigenvalue weighted by atomic mass is 9.39. The van der Waals surface area contributed by atoms with Gasteiger partial charge in [-0.05, 0) is 37.0 Å². The van der Waals surface area contributed by atoms with Crippen molar-refractivity contribution in [2.24, 2.45) is 34.0 Å². The van der Waals surface area contributed by atoms with Crippen molar-refractivity contribution in [2.45, 2.75) is 75.5 Å². The molecule has 6 saturated carbocycles. The molecule has 3 saturated heterocycles. The third-order valence-electron chi connectivity index (χ3n) is 10.6. The van der Waals surface area contributed by atoms with Crippen molar-refractivity contribution in [3.8, 4) is 0 Å². The first-order valence-electron chi connectivity index (χ1n) is 10.8. The van der Waals surface area contributed by atoms with Gasteiger partial charge in [-0.15, -0.1) is 0 Å². The van der Waals surface area contributed by atoms with Crippen LogP contribution < -0.4 is 0 Å². The second-order valence-corrected chi connectivity index (χ2v) is 11.5. The summed E-state index contributed by atoms with van der Waals surface area (Å²) in [7, 11) is 0. The molecule has 0 aromatic heterocycles. The minimum Gasteiger partial charge on any atom is -0.463 e. The Labute approximate surface area is 164 Å². The van der Waals surface area contributed by atoms with Crippen LogP contribution in [0.5, 0.6) is 0 Å². The molecule has 0 aromatic rings. The zero-order valence-electron chi connectivity index (χ0n) is 16.5. The molecule has 9 bridgehead atoms. The number of carbonyl (C=O) groups excluding carboxylic acids is 1. The predicted molar refractivity (Wildman–Crippen MR) is 97.9 cm³/mol. The molecule has 0 amide bonds. The molecular formula is C22H29NO5. The van der Waals surface area contributed by atoms with Gasteiger partial charge in [-0.2, -0.15) is 0 Å². The molecule has 0 aromatic carbocycles. The molecule has 6 aliphatic carbocycles. The van der Waals surface area contributed by atoms with Crippen LogP contribution in [-0.4, -0.2) is 68.7 Å². The van der Waals surface area contributed by atoms with E-state index in [1.54, 1.807) is 0 Å². The van der Waals surface area contributed by atoms with Crippen molar-refractivity contribution in [2.75, 3.05) is 6.54 Å². The molecule has 3 heterocycles. The standard InChI is InChI=1S/C22H29NO5/c1-9-4-20-7-12-15-19(3)5-11(28-10(2)24)6-21(15)16(20)14(25)13(9)17(26)22(20,27)18(21)23(12)8-19/h11-18,25-27H,1,4-8H2,2-3H3/t11-,12-,13+,14+,15+,16+,17-,18-,19-,20+,21+,22-/m0/s1. The number of rotatable bonds is 1. The summed E-state index contributed by atoms with van der Waals surface area (Å²) in [6.45, 7) is 8.85. The van der Waals surface area contributed by atoms with Gasteiger partial charge in [-0.1, -0.05) is 19.1 Å². The van der Waals surface area contributed by atoms with Crippen LogP contribution in [0.1, 0.15) is 39.5 Å². The number of piperidine rings is 2. The highest BCUT2D eigenvalue weighted by Gasteiger charge is 2.94. The topological polar surface area (TPSA) is 90.2 Å². The van der Waals surface area contributed by atoms with E-state index < -0.39 is 29.1 Å². The monoisotopic (exact) mass is 387 g/mol. The highest BCUT2D eigenvalue weighted by Crippen LogP contribution is 2.88. The molecule has 9 rings (SSSR count). The molecule has 9 aliphatic rings. The SMILES string of the molecule is C=C1C[C@@]23C[C@H]4[C@@H]5[C@@]6(C)C[C@H](OC(C)=O)C[C@]57[C@@H]2[C@H](O)[C@@H]1[C@H](O)[C@]3(O)[C@H]7N4C6. The number of hydrogen-bond acceptors (Lipinski definition) is 6. The Bertz CT molecular complexity index is 860. The summed E-state index contributed by atoms with van der Waals surface area (Å²) >= 11 is 0. The van der Waals surface area contributed by atoms with Crippen LogP contribution in [0.3, 0.4) is 0 Å². The quantitative estimate of drug-likeness (QED) is 0.447. The number of aliphatic hydroxyl groups is 3. The molecule has 3 aliphatic heterocycles. The van der Waals surface area contributed by atoms with Crippen molar-refractivity contribution in [3.63, 3.8) is 0 Å². The van der Waals surface area contributed by atoms with Crippen LogP contribution in [0.4, 0.5) is 0 Å². The summed E-state index contributed by atoms with van der Waals surface area (Å²) in [5.74, 6) is -0.379. The lowest BCUT2D eigenvalue weighted by Gasteiger charge is -2.67. The minimum atomic E-state index is -1.20. The number of esters is 1. The summed E-state index contributed by atoms with van der Waals surface area (Å²) in [5.41, 5.74) is -1.07. The smallest absolute Gasteiger partial charge is 0.302 e. The number of aliphatic hydroxyl groups excluding tert-OH is 2. The first-order chi connectivity index (χ1) is 13.1. The number of nitrogens with zero attached hydrogens (tertiary/aromatic N) is 1. The van der Waals surface area contributed by atoms with E-state index in [-0.39, 0.29) is 34.9 Å². The van der Waals surface area contributed by atoms with Gasteiger partial charge in [0.05, 0.1) is 12.2 Å². The first-order valence-corrected chi connectivity index (χ1v) is 10.8. The van der Waals surface area contributed by atoms with E-state index >= 15 is 0 Å². The molecule has 2 spiro atoms. The van der Waals surface area contributed by atoms with E-state index in [0.717, 1.165) is 25.0 Å². The van der Waals surface area contributed by atoms with Gasteiger partial charge in [0.25, 0.3) is 0 Å². The van der Waals surface area contributed by atoms with Gasteiger partial charge in [-0.3, -0.25) is 9.69 Å². The van der Waals surface area contributed by atoms with Crippen LogP contribution in [0, 0.1) is 34.0 Å². The second-order valence-electron chi connectivity index (χ2n) is 11.5. The number of ether oxygens (including phenoxy) is 1. The van der Waals surface area contributed by atoms with Gasteiger partial charge in [0.2, 0.25) is 0 Å². The van der Waals surface area contributed by atoms with Crippen LogP contribution >= 0.6 is 0 Å². The van der Waals surface area contributed by atoms with Crippen molar-refractivity contribution in [1.82, 2.24) is 4.90 Å². The number of hydrogen-bond donors (Lipinski definition) is 3. The van der Waals surface area contributed by atoms with Gasteiger partial charge >= 0.3 is 5.97 Å². The summed E-state index contributed by atoms with van der Waals surface area (Å²) in [4.78, 5) is 14.3. The zero-order valence-corrected chi connectivity index (χ0v) is 16.5. The van der Waals surface area contributed by atoms with Gasteiger partial charge in [0.1, 0.15) is 11.7 Å². The Hall–Kier alpha value is -0.950. The van der Waals surface area contributed by atoms with E-state index in [1.807, 2.05) is 0 Å². The zero-order chi connectivity index (χ0) is 19.6. The van der Waals surface area contributed by atoms with Crippen LogP contribution in [0.15, 0.2) is 12.2 Å². The molecule has 6 heteroatoms. The molecule has 1 unspecified atom stereocenters. The lowest BCUT2D eigenvalue weighted by molar-refractivity contribution is -0.280. The van der Waals surface area contributed by atoms with E-state index in [9.17, 15) is 20.1 Å². The maximum Gasteiger partial charge on any atom is 0.302 e. The Balaban J connectivity index is 1.49. The average molecular weight is 387 g/mol. The average Bonchev–Trinajstić information content (AvgIpc) is 2.97. The Morgan fingerprint density at radius 3 is 2.71 bits per heavy atom. The van der Waals surface area contributed by atoms with E-state index in [1.165, 1.54) is 6.92 Å². The second kappa shape index (κ2) is 4.25. The van der Waals surface area contributed by atoms with E-state index in [2.05, 4.69) is 18.4 Å². The predicted octanol–water partition coefficient (Wildman–Crippen LogP) is 0.450. The van der Waals surface area contributed by atoms with Gasteiger partial charge in [0, 0.05) is 48.2 Å². The summed E-state index contributed by atoms with van der Waals surface area (Å²) < 4.78 is 5.75. The van der Waals surface area contributed by atoms with Crippen LogP contribution in [0.2, 0.25) is 0 Å². The van der Waals surface area contributed by atoms with Crippen LogP contribution in [0.25, 0.3) is 0 Å². The fourth-order valence-corrected chi connectivity index (χ4v) is 11.0. The Morgan fingerprint density at radius 2 is 2.00 bits per heavy atom. The Morgan fingerprint density at radius 1 is 1.25 bits per heavy atom. The van der Waals surface area contributed by atoms with Gasteiger partial charge < -0.3 is 20.1 Å². The molecular weight excluding hydrogens is 358 g/mol. The number of carbonyl (C=O) groups is 1. The third-order valence-corrected chi connectivity index (χ3v) is 10.6. The first kappa shape index (κ1) is 16.8. The maximum atomic E-state index is 12.2. The minimum absolute atomic E-state index is 0.0237. The van der Waals surface area contributed by atoms with Gasteiger partial charge in [-0.25, -0.2) is 0 Å². The highest BCUT2D eigenvalue weighted by atomic mass is 16.5. The molecule has 28 heavy (non-hydrogen) atoms.